The Hall–Kier alpha value is -0.550. The van der Waals surface area contributed by atoms with Gasteiger partial charge in [-0.1, -0.05) is 37.0 Å². The number of hydrogen-bond acceptors (Lipinski definition) is 4. The van der Waals surface area contributed by atoms with Gasteiger partial charge in [-0.15, -0.1) is 11.3 Å². The smallest absolute Gasteiger partial charge is 0.208 e. The molecule has 0 aliphatic rings. The van der Waals surface area contributed by atoms with Crippen molar-refractivity contribution in [1.82, 2.24) is 10.3 Å². The van der Waals surface area contributed by atoms with Crippen LogP contribution in [0.2, 0.25) is 8.67 Å². The van der Waals surface area contributed by atoms with E-state index in [9.17, 15) is 0 Å². The third kappa shape index (κ3) is 3.48. The molecule has 0 amide bonds. The maximum Gasteiger partial charge on any atom is 0.208 e. The molecule has 0 unspecified atom stereocenters. The first-order valence-corrected chi connectivity index (χ1v) is 7.24. The topological polar surface area (TPSA) is 38.1 Å². The number of hydrogen-bond donors (Lipinski definition) is 1. The normalized spacial score (nSPS) is 11.4. The Morgan fingerprint density at radius 2 is 2.22 bits per heavy atom. The van der Waals surface area contributed by atoms with Crippen LogP contribution in [0.5, 0.6) is 0 Å². The fraction of sp³-hybridized carbons (Fsp3) is 0.417. The summed E-state index contributed by atoms with van der Waals surface area (Å²) in [6, 6.07) is 1.79. The molecule has 1 N–H and O–H groups in total. The van der Waals surface area contributed by atoms with E-state index in [2.05, 4.69) is 24.1 Å². The van der Waals surface area contributed by atoms with Gasteiger partial charge in [0.2, 0.25) is 5.89 Å². The molecule has 0 aromatic carbocycles. The van der Waals surface area contributed by atoms with Crippen LogP contribution in [0.3, 0.4) is 0 Å². The van der Waals surface area contributed by atoms with Gasteiger partial charge in [-0.25, -0.2) is 4.98 Å². The molecule has 0 fully saturated rings. The molecule has 6 heteroatoms. The summed E-state index contributed by atoms with van der Waals surface area (Å²) in [5.74, 6) is 1.91. The average Bonchev–Trinajstić information content (AvgIpc) is 2.85. The van der Waals surface area contributed by atoms with E-state index in [-0.39, 0.29) is 0 Å². The third-order valence-electron chi connectivity index (χ3n) is 2.30. The molecule has 98 valence electrons. The van der Waals surface area contributed by atoms with Crippen LogP contribution >= 0.6 is 34.5 Å². The van der Waals surface area contributed by atoms with Crippen molar-refractivity contribution < 1.29 is 4.42 Å². The summed E-state index contributed by atoms with van der Waals surface area (Å²) < 4.78 is 6.90. The lowest BCUT2D eigenvalue weighted by Gasteiger charge is -2.04. The van der Waals surface area contributed by atoms with Gasteiger partial charge in [-0.2, -0.15) is 0 Å². The minimum atomic E-state index is 0.601. The molecular formula is C12H14Cl2N2OS. The monoisotopic (exact) mass is 304 g/mol. The second kappa shape index (κ2) is 6.06. The van der Waals surface area contributed by atoms with E-state index in [0.717, 1.165) is 12.1 Å². The van der Waals surface area contributed by atoms with Crippen molar-refractivity contribution in [2.24, 2.45) is 5.92 Å². The van der Waals surface area contributed by atoms with Crippen molar-refractivity contribution in [3.05, 3.63) is 26.8 Å². The Morgan fingerprint density at radius 3 is 2.83 bits per heavy atom. The SMILES string of the molecule is CC(C)CNCc1ncc(-c2cc(Cl)sc2Cl)o1. The summed E-state index contributed by atoms with van der Waals surface area (Å²) in [5.41, 5.74) is 0.800. The highest BCUT2D eigenvalue weighted by Crippen LogP contribution is 2.38. The summed E-state index contributed by atoms with van der Waals surface area (Å²) in [5, 5.41) is 3.27. The fourth-order valence-corrected chi connectivity index (χ4v) is 2.97. The Morgan fingerprint density at radius 1 is 1.44 bits per heavy atom. The van der Waals surface area contributed by atoms with Crippen LogP contribution in [0.25, 0.3) is 11.3 Å². The minimum Gasteiger partial charge on any atom is -0.439 e. The van der Waals surface area contributed by atoms with Crippen molar-refractivity contribution in [2.75, 3.05) is 6.54 Å². The van der Waals surface area contributed by atoms with Crippen molar-refractivity contribution >= 4 is 34.5 Å². The summed E-state index contributed by atoms with van der Waals surface area (Å²) in [6.45, 7) is 5.86. The lowest BCUT2D eigenvalue weighted by atomic mass is 10.2. The zero-order valence-corrected chi connectivity index (χ0v) is 12.5. The van der Waals surface area contributed by atoms with Crippen LogP contribution < -0.4 is 5.32 Å². The van der Waals surface area contributed by atoms with E-state index < -0.39 is 0 Å². The number of oxazole rings is 1. The van der Waals surface area contributed by atoms with Gasteiger partial charge in [-0.3, -0.25) is 0 Å². The van der Waals surface area contributed by atoms with Crippen LogP contribution in [0, 0.1) is 5.92 Å². The minimum absolute atomic E-state index is 0.601. The van der Waals surface area contributed by atoms with Gasteiger partial charge in [0.25, 0.3) is 0 Å². The van der Waals surface area contributed by atoms with Crippen molar-refractivity contribution in [1.29, 1.82) is 0 Å². The maximum absolute atomic E-state index is 6.07. The van der Waals surface area contributed by atoms with Gasteiger partial charge in [0.15, 0.2) is 5.76 Å². The molecule has 3 nitrogen and oxygen atoms in total. The van der Waals surface area contributed by atoms with Gasteiger partial charge in [0, 0.05) is 5.56 Å². The zero-order chi connectivity index (χ0) is 13.1. The number of aromatic nitrogens is 1. The Labute approximate surface area is 120 Å². The first-order valence-electron chi connectivity index (χ1n) is 5.67. The first-order chi connectivity index (χ1) is 8.56. The number of nitrogens with zero attached hydrogens (tertiary/aromatic N) is 1. The van der Waals surface area contributed by atoms with E-state index in [1.165, 1.54) is 11.3 Å². The highest BCUT2D eigenvalue weighted by molar-refractivity contribution is 7.20. The molecular weight excluding hydrogens is 291 g/mol. The van der Waals surface area contributed by atoms with E-state index in [0.29, 0.717) is 32.8 Å². The number of thiophene rings is 1. The molecule has 0 radical (unpaired) electrons. The fourth-order valence-electron chi connectivity index (χ4n) is 1.49. The Kier molecular flexibility index (Phi) is 4.67. The van der Waals surface area contributed by atoms with E-state index in [1.54, 1.807) is 12.3 Å². The van der Waals surface area contributed by atoms with Crippen LogP contribution in [0.4, 0.5) is 0 Å². The highest BCUT2D eigenvalue weighted by Gasteiger charge is 2.13. The van der Waals surface area contributed by atoms with Crippen molar-refractivity contribution in [3.8, 4) is 11.3 Å². The second-order valence-corrected chi connectivity index (χ2v) is 6.67. The maximum atomic E-state index is 6.07. The van der Waals surface area contributed by atoms with Crippen molar-refractivity contribution in [2.45, 2.75) is 20.4 Å². The lowest BCUT2D eigenvalue weighted by Crippen LogP contribution is -2.18. The summed E-state index contributed by atoms with van der Waals surface area (Å²) in [7, 11) is 0. The molecule has 2 heterocycles. The molecule has 2 rings (SSSR count). The molecule has 2 aromatic heterocycles. The first kappa shape index (κ1) is 13.9. The largest absolute Gasteiger partial charge is 0.439 e. The molecule has 0 saturated carbocycles. The summed E-state index contributed by atoms with van der Waals surface area (Å²) >= 11 is 13.3. The second-order valence-electron chi connectivity index (χ2n) is 4.38. The summed E-state index contributed by atoms with van der Waals surface area (Å²) in [4.78, 5) is 4.21. The molecule has 0 spiro atoms. The van der Waals surface area contributed by atoms with Gasteiger partial charge in [0.1, 0.15) is 4.34 Å². The van der Waals surface area contributed by atoms with Gasteiger partial charge in [-0.05, 0) is 18.5 Å². The molecule has 2 aromatic rings. The molecule has 0 saturated heterocycles. The van der Waals surface area contributed by atoms with Crippen LogP contribution in [0.1, 0.15) is 19.7 Å². The number of nitrogens with one attached hydrogen (secondary N) is 1. The summed E-state index contributed by atoms with van der Waals surface area (Å²) in [6.07, 6.45) is 1.68. The van der Waals surface area contributed by atoms with E-state index >= 15 is 0 Å². The standard InChI is InChI=1S/C12H14Cl2N2OS/c1-7(2)4-15-6-11-16-5-9(17-11)8-3-10(13)18-12(8)14/h3,5,7,15H,4,6H2,1-2H3. The van der Waals surface area contributed by atoms with Gasteiger partial charge >= 0.3 is 0 Å². The van der Waals surface area contributed by atoms with Gasteiger partial charge < -0.3 is 9.73 Å². The van der Waals surface area contributed by atoms with Crippen LogP contribution in [-0.4, -0.2) is 11.5 Å². The number of halogens is 2. The Balaban J connectivity index is 2.04. The van der Waals surface area contributed by atoms with E-state index in [4.69, 9.17) is 27.6 Å². The predicted octanol–water partition coefficient (Wildman–Crippen LogP) is 4.46. The third-order valence-corrected chi connectivity index (χ3v) is 3.79. The quantitative estimate of drug-likeness (QED) is 0.886. The lowest BCUT2D eigenvalue weighted by molar-refractivity contribution is 0.459. The molecule has 18 heavy (non-hydrogen) atoms. The molecule has 0 bridgehead atoms. The predicted molar refractivity (Wildman–Crippen MR) is 76.4 cm³/mol. The van der Waals surface area contributed by atoms with Crippen molar-refractivity contribution in [3.63, 3.8) is 0 Å². The zero-order valence-electron chi connectivity index (χ0n) is 10.2. The number of rotatable bonds is 5. The van der Waals surface area contributed by atoms with Crippen LogP contribution in [0.15, 0.2) is 16.7 Å². The van der Waals surface area contributed by atoms with Gasteiger partial charge in [0.05, 0.1) is 17.1 Å². The highest BCUT2D eigenvalue weighted by atomic mass is 35.5. The molecule has 0 aliphatic heterocycles. The molecule has 0 aliphatic carbocycles. The average molecular weight is 305 g/mol. The molecule has 0 atom stereocenters. The van der Waals surface area contributed by atoms with Crippen LogP contribution in [-0.2, 0) is 6.54 Å². The Bertz CT molecular complexity index is 522. The van der Waals surface area contributed by atoms with E-state index in [1.807, 2.05) is 0 Å².